The fourth-order valence-corrected chi connectivity index (χ4v) is 2.78. The number of benzene rings is 1. The SMILES string of the molecule is O=C1CCC[C@@H]([C@H](NC(=O)Cc2cccc(F)c2)C(=O)O)C1. The fraction of sp³-hybridized carbons (Fsp3) is 0.438. The van der Waals surface area contributed by atoms with E-state index in [2.05, 4.69) is 5.32 Å². The lowest BCUT2D eigenvalue weighted by atomic mass is 9.83. The monoisotopic (exact) mass is 307 g/mol. The highest BCUT2D eigenvalue weighted by Crippen LogP contribution is 2.24. The zero-order valence-electron chi connectivity index (χ0n) is 12.0. The Morgan fingerprint density at radius 1 is 1.41 bits per heavy atom. The van der Waals surface area contributed by atoms with Crippen LogP contribution < -0.4 is 5.32 Å². The van der Waals surface area contributed by atoms with E-state index in [-0.39, 0.29) is 24.5 Å². The normalized spacial score (nSPS) is 19.5. The second-order valence-electron chi connectivity index (χ2n) is 5.59. The molecule has 0 saturated heterocycles. The molecule has 0 unspecified atom stereocenters. The van der Waals surface area contributed by atoms with Crippen molar-refractivity contribution in [2.24, 2.45) is 5.92 Å². The van der Waals surface area contributed by atoms with Crippen LogP contribution in [0.2, 0.25) is 0 Å². The second kappa shape index (κ2) is 7.15. The predicted molar refractivity (Wildman–Crippen MR) is 76.6 cm³/mol. The molecule has 0 spiro atoms. The van der Waals surface area contributed by atoms with Crippen molar-refractivity contribution < 1.29 is 23.9 Å². The quantitative estimate of drug-likeness (QED) is 0.867. The van der Waals surface area contributed by atoms with Gasteiger partial charge in [0.15, 0.2) is 0 Å². The predicted octanol–water partition coefficient (Wildman–Crippen LogP) is 1.70. The molecule has 1 aromatic carbocycles. The molecule has 2 rings (SSSR count). The molecule has 2 N–H and O–H groups in total. The van der Waals surface area contributed by atoms with Gasteiger partial charge in [-0.15, -0.1) is 0 Å². The van der Waals surface area contributed by atoms with E-state index in [1.807, 2.05) is 0 Å². The van der Waals surface area contributed by atoms with E-state index < -0.39 is 23.7 Å². The first kappa shape index (κ1) is 16.1. The minimum absolute atomic E-state index is 0.0295. The molecule has 1 amide bonds. The number of carboxylic acids is 1. The number of hydrogen-bond acceptors (Lipinski definition) is 3. The van der Waals surface area contributed by atoms with Crippen LogP contribution in [0.3, 0.4) is 0 Å². The average Bonchev–Trinajstić information content (AvgIpc) is 2.44. The Labute approximate surface area is 127 Å². The topological polar surface area (TPSA) is 83.5 Å². The van der Waals surface area contributed by atoms with Gasteiger partial charge in [-0.3, -0.25) is 9.59 Å². The maximum atomic E-state index is 13.1. The minimum atomic E-state index is -1.15. The van der Waals surface area contributed by atoms with E-state index in [1.54, 1.807) is 6.07 Å². The van der Waals surface area contributed by atoms with Crippen LogP contribution in [0.4, 0.5) is 4.39 Å². The van der Waals surface area contributed by atoms with Crippen LogP contribution in [-0.4, -0.2) is 28.8 Å². The number of amides is 1. The second-order valence-corrected chi connectivity index (χ2v) is 5.59. The van der Waals surface area contributed by atoms with Crippen molar-refractivity contribution in [3.63, 3.8) is 0 Å². The number of carbonyl (C=O) groups excluding carboxylic acids is 2. The first-order chi connectivity index (χ1) is 10.5. The summed E-state index contributed by atoms with van der Waals surface area (Å²) >= 11 is 0. The van der Waals surface area contributed by atoms with E-state index in [4.69, 9.17) is 0 Å². The first-order valence-electron chi connectivity index (χ1n) is 7.24. The summed E-state index contributed by atoms with van der Waals surface area (Å²) in [5, 5.41) is 11.7. The number of halogens is 1. The molecule has 1 aromatic rings. The Kier molecular flexibility index (Phi) is 5.25. The Balaban J connectivity index is 1.99. The van der Waals surface area contributed by atoms with Crippen molar-refractivity contribution in [2.75, 3.05) is 0 Å². The molecule has 118 valence electrons. The van der Waals surface area contributed by atoms with Gasteiger partial charge in [0.2, 0.25) is 5.91 Å². The molecular weight excluding hydrogens is 289 g/mol. The van der Waals surface area contributed by atoms with E-state index in [0.29, 0.717) is 24.8 Å². The molecule has 0 heterocycles. The number of nitrogens with one attached hydrogen (secondary N) is 1. The summed E-state index contributed by atoms with van der Waals surface area (Å²) in [5.41, 5.74) is 0.473. The van der Waals surface area contributed by atoms with Crippen LogP contribution in [0, 0.1) is 11.7 Å². The van der Waals surface area contributed by atoms with Gasteiger partial charge in [-0.1, -0.05) is 12.1 Å². The van der Waals surface area contributed by atoms with Crippen molar-refractivity contribution in [1.29, 1.82) is 0 Å². The Morgan fingerprint density at radius 3 is 2.82 bits per heavy atom. The summed E-state index contributed by atoms with van der Waals surface area (Å²) in [6, 6.07) is 4.52. The average molecular weight is 307 g/mol. The summed E-state index contributed by atoms with van der Waals surface area (Å²) in [4.78, 5) is 34.8. The highest BCUT2D eigenvalue weighted by Gasteiger charge is 2.33. The van der Waals surface area contributed by atoms with Gasteiger partial charge in [-0.2, -0.15) is 0 Å². The van der Waals surface area contributed by atoms with Gasteiger partial charge in [0.25, 0.3) is 0 Å². The van der Waals surface area contributed by atoms with Crippen molar-refractivity contribution in [3.05, 3.63) is 35.6 Å². The molecule has 1 aliphatic rings. The van der Waals surface area contributed by atoms with Crippen molar-refractivity contribution in [3.8, 4) is 0 Å². The van der Waals surface area contributed by atoms with Crippen LogP contribution in [0.1, 0.15) is 31.2 Å². The van der Waals surface area contributed by atoms with Gasteiger partial charge in [0, 0.05) is 12.8 Å². The van der Waals surface area contributed by atoms with Crippen LogP contribution in [0.15, 0.2) is 24.3 Å². The first-order valence-corrected chi connectivity index (χ1v) is 7.24. The number of Topliss-reactive ketones (excluding diaryl/α,β-unsaturated/α-hetero) is 1. The minimum Gasteiger partial charge on any atom is -0.480 e. The summed E-state index contributed by atoms with van der Waals surface area (Å²) in [7, 11) is 0. The fourth-order valence-electron chi connectivity index (χ4n) is 2.78. The van der Waals surface area contributed by atoms with Gasteiger partial charge in [0.05, 0.1) is 6.42 Å². The van der Waals surface area contributed by atoms with Crippen LogP contribution in [0.5, 0.6) is 0 Å². The molecule has 0 bridgehead atoms. The number of aliphatic carboxylic acids is 1. The lowest BCUT2D eigenvalue weighted by Crippen LogP contribution is -2.47. The smallest absolute Gasteiger partial charge is 0.326 e. The third kappa shape index (κ3) is 4.38. The van der Waals surface area contributed by atoms with Gasteiger partial charge < -0.3 is 10.4 Å². The summed E-state index contributed by atoms with van der Waals surface area (Å²) in [5.74, 6) is -2.43. The molecule has 2 atom stereocenters. The van der Waals surface area contributed by atoms with Gasteiger partial charge in [0.1, 0.15) is 17.6 Å². The number of hydrogen-bond donors (Lipinski definition) is 2. The summed E-state index contributed by atoms with van der Waals surface area (Å²) in [6.45, 7) is 0. The van der Waals surface area contributed by atoms with Crippen molar-refractivity contribution in [1.82, 2.24) is 5.32 Å². The maximum Gasteiger partial charge on any atom is 0.326 e. The maximum absolute atomic E-state index is 13.1. The molecular formula is C16H18FNO4. The lowest BCUT2D eigenvalue weighted by molar-refractivity contribution is -0.144. The van der Waals surface area contributed by atoms with Crippen LogP contribution in [0.25, 0.3) is 0 Å². The summed E-state index contributed by atoms with van der Waals surface area (Å²) in [6.07, 6.45) is 1.80. The van der Waals surface area contributed by atoms with Gasteiger partial charge in [-0.25, -0.2) is 9.18 Å². The van der Waals surface area contributed by atoms with Crippen molar-refractivity contribution in [2.45, 2.75) is 38.1 Å². The number of carboxylic acid groups (broad SMARTS) is 1. The Hall–Kier alpha value is -2.24. The van der Waals surface area contributed by atoms with Gasteiger partial charge >= 0.3 is 5.97 Å². The van der Waals surface area contributed by atoms with Crippen molar-refractivity contribution >= 4 is 17.7 Å². The third-order valence-corrected chi connectivity index (χ3v) is 3.83. The summed E-state index contributed by atoms with van der Waals surface area (Å²) < 4.78 is 13.1. The van der Waals surface area contributed by atoms with E-state index >= 15 is 0 Å². The molecule has 1 fully saturated rings. The molecule has 0 aromatic heterocycles. The molecule has 6 heteroatoms. The zero-order valence-corrected chi connectivity index (χ0v) is 12.0. The van der Waals surface area contributed by atoms with E-state index in [9.17, 15) is 23.9 Å². The molecule has 1 saturated carbocycles. The zero-order chi connectivity index (χ0) is 16.1. The lowest BCUT2D eigenvalue weighted by Gasteiger charge is -2.27. The number of rotatable bonds is 5. The standard InChI is InChI=1S/C16H18FNO4/c17-12-5-1-3-10(7-12)8-14(20)18-15(16(21)22)11-4-2-6-13(19)9-11/h1,3,5,7,11,15H,2,4,6,8-9H2,(H,18,20)(H,21,22)/t11-,15+/m1/s1. The molecule has 22 heavy (non-hydrogen) atoms. The third-order valence-electron chi connectivity index (χ3n) is 3.83. The molecule has 1 aliphatic carbocycles. The highest BCUT2D eigenvalue weighted by atomic mass is 19.1. The molecule has 0 radical (unpaired) electrons. The number of carbonyl (C=O) groups is 3. The van der Waals surface area contributed by atoms with Gasteiger partial charge in [-0.05, 0) is 36.5 Å². The molecule has 5 nitrogen and oxygen atoms in total. The highest BCUT2D eigenvalue weighted by molar-refractivity contribution is 5.86. The van der Waals surface area contributed by atoms with E-state index in [1.165, 1.54) is 18.2 Å². The number of ketones is 1. The Morgan fingerprint density at radius 2 is 2.18 bits per heavy atom. The molecule has 0 aliphatic heterocycles. The largest absolute Gasteiger partial charge is 0.480 e. The Bertz CT molecular complexity index is 587. The van der Waals surface area contributed by atoms with Crippen LogP contribution in [-0.2, 0) is 20.8 Å². The van der Waals surface area contributed by atoms with Crippen LogP contribution >= 0.6 is 0 Å². The van der Waals surface area contributed by atoms with E-state index in [0.717, 1.165) is 0 Å².